The number of rotatable bonds is 3. The molecule has 23 heavy (non-hydrogen) atoms. The van der Waals surface area contributed by atoms with Crippen LogP contribution in [0.5, 0.6) is 0 Å². The van der Waals surface area contributed by atoms with E-state index in [1.54, 1.807) is 0 Å². The maximum absolute atomic E-state index is 12.4. The lowest BCUT2D eigenvalue weighted by Gasteiger charge is -2.39. The highest BCUT2D eigenvalue weighted by molar-refractivity contribution is 5.83. The summed E-state index contributed by atoms with van der Waals surface area (Å²) in [5.41, 5.74) is 1.09. The molecule has 0 spiro atoms. The molecule has 2 heterocycles. The van der Waals surface area contributed by atoms with Gasteiger partial charge in [0, 0.05) is 17.8 Å². The van der Waals surface area contributed by atoms with Crippen LogP contribution in [0.25, 0.3) is 10.9 Å². The van der Waals surface area contributed by atoms with Gasteiger partial charge < -0.3 is 19.4 Å². The van der Waals surface area contributed by atoms with Crippen molar-refractivity contribution in [1.82, 2.24) is 9.88 Å². The molecule has 1 aromatic heterocycles. The van der Waals surface area contributed by atoms with Gasteiger partial charge in [-0.1, -0.05) is 18.2 Å². The summed E-state index contributed by atoms with van der Waals surface area (Å²) in [6, 6.07) is 10.3. The molecule has 1 amide bonds. The largest absolute Gasteiger partial charge is 0.373 e. The van der Waals surface area contributed by atoms with Gasteiger partial charge in [-0.3, -0.25) is 4.79 Å². The Bertz CT molecular complexity index is 696. The monoisotopic (exact) mass is 314 g/mol. The van der Waals surface area contributed by atoms with Crippen molar-refractivity contribution < 1.29 is 14.3 Å². The van der Waals surface area contributed by atoms with E-state index in [0.717, 1.165) is 30.2 Å². The topological polar surface area (TPSA) is 52.5 Å². The minimum atomic E-state index is 0.0616. The van der Waals surface area contributed by atoms with E-state index in [9.17, 15) is 4.79 Å². The molecular weight excluding hydrogens is 292 g/mol. The van der Waals surface area contributed by atoms with Gasteiger partial charge in [-0.2, -0.15) is 0 Å². The number of para-hydroxylation sites is 1. The highest BCUT2D eigenvalue weighted by Crippen LogP contribution is 2.26. The number of hydrogen-bond acceptors (Lipinski definition) is 3. The van der Waals surface area contributed by atoms with Gasteiger partial charge in [-0.05, 0) is 36.8 Å². The summed E-state index contributed by atoms with van der Waals surface area (Å²) >= 11 is 0. The standard InChI is InChI=1S/C18H22N2O3/c21-18(12-20-8-7-13-3-1-2-4-15(13)20)19-14-5-6-16-17(11-14)23-10-9-22-16/h1-4,7-8,14,16-17H,5-6,9-12H2,(H,19,21). The van der Waals surface area contributed by atoms with Crippen molar-refractivity contribution in [3.8, 4) is 0 Å². The summed E-state index contributed by atoms with van der Waals surface area (Å²) in [4.78, 5) is 12.4. The zero-order valence-corrected chi connectivity index (χ0v) is 13.1. The summed E-state index contributed by atoms with van der Waals surface area (Å²) < 4.78 is 13.5. The predicted octanol–water partition coefficient (Wildman–Crippen LogP) is 2.09. The van der Waals surface area contributed by atoms with E-state index >= 15 is 0 Å². The van der Waals surface area contributed by atoms with Crippen LogP contribution < -0.4 is 5.32 Å². The first kappa shape index (κ1) is 14.7. The lowest BCUT2D eigenvalue weighted by atomic mass is 9.89. The molecule has 1 saturated carbocycles. The van der Waals surface area contributed by atoms with Gasteiger partial charge in [-0.15, -0.1) is 0 Å². The van der Waals surface area contributed by atoms with Crippen molar-refractivity contribution in [2.24, 2.45) is 0 Å². The molecule has 0 bridgehead atoms. The molecule has 1 aliphatic heterocycles. The minimum absolute atomic E-state index is 0.0616. The number of carbonyl (C=O) groups is 1. The SMILES string of the molecule is O=C(Cn1ccc2ccccc21)NC1CCC2OCCOC2C1. The van der Waals surface area contributed by atoms with Gasteiger partial charge in [0.25, 0.3) is 0 Å². The lowest BCUT2D eigenvalue weighted by Crippen LogP contribution is -2.49. The third kappa shape index (κ3) is 3.12. The fourth-order valence-electron chi connectivity index (χ4n) is 3.70. The molecular formula is C18H22N2O3. The number of carbonyl (C=O) groups excluding carboxylic acids is 1. The van der Waals surface area contributed by atoms with Gasteiger partial charge in [0.2, 0.25) is 5.91 Å². The molecule has 2 fully saturated rings. The van der Waals surface area contributed by atoms with Crippen LogP contribution in [0.3, 0.4) is 0 Å². The molecule has 0 radical (unpaired) electrons. The molecule has 4 rings (SSSR count). The second kappa shape index (κ2) is 6.34. The van der Waals surface area contributed by atoms with Crippen molar-refractivity contribution in [3.63, 3.8) is 0 Å². The van der Waals surface area contributed by atoms with Crippen LogP contribution in [0.1, 0.15) is 19.3 Å². The summed E-state index contributed by atoms with van der Waals surface area (Å²) in [5, 5.41) is 4.32. The third-order valence-electron chi connectivity index (χ3n) is 4.84. The first-order valence-corrected chi connectivity index (χ1v) is 8.36. The normalized spacial score (nSPS) is 27.6. The fourth-order valence-corrected chi connectivity index (χ4v) is 3.70. The van der Waals surface area contributed by atoms with Gasteiger partial charge >= 0.3 is 0 Å². The van der Waals surface area contributed by atoms with E-state index in [-0.39, 0.29) is 24.2 Å². The number of amides is 1. The van der Waals surface area contributed by atoms with E-state index in [0.29, 0.717) is 19.8 Å². The molecule has 1 N–H and O–H groups in total. The van der Waals surface area contributed by atoms with Crippen LogP contribution in [0, 0.1) is 0 Å². The lowest BCUT2D eigenvalue weighted by molar-refractivity contribution is -0.158. The molecule has 1 aliphatic carbocycles. The van der Waals surface area contributed by atoms with Crippen molar-refractivity contribution in [1.29, 1.82) is 0 Å². The zero-order valence-electron chi connectivity index (χ0n) is 13.1. The van der Waals surface area contributed by atoms with E-state index in [2.05, 4.69) is 11.4 Å². The van der Waals surface area contributed by atoms with E-state index in [1.807, 2.05) is 35.0 Å². The molecule has 3 atom stereocenters. The Balaban J connectivity index is 1.36. The van der Waals surface area contributed by atoms with E-state index in [4.69, 9.17) is 9.47 Å². The molecule has 5 heteroatoms. The van der Waals surface area contributed by atoms with Crippen LogP contribution >= 0.6 is 0 Å². The Morgan fingerprint density at radius 1 is 1.13 bits per heavy atom. The van der Waals surface area contributed by atoms with Crippen molar-refractivity contribution in [2.75, 3.05) is 13.2 Å². The number of fused-ring (bicyclic) bond motifs is 2. The molecule has 1 aromatic carbocycles. The van der Waals surface area contributed by atoms with Crippen LogP contribution in [0.4, 0.5) is 0 Å². The number of nitrogens with zero attached hydrogens (tertiary/aromatic N) is 1. The summed E-state index contributed by atoms with van der Waals surface area (Å²) in [6.07, 6.45) is 5.09. The van der Waals surface area contributed by atoms with Gasteiger partial charge in [-0.25, -0.2) is 0 Å². The van der Waals surface area contributed by atoms with Crippen LogP contribution in [-0.2, 0) is 20.8 Å². The third-order valence-corrected chi connectivity index (χ3v) is 4.84. The number of ether oxygens (including phenoxy) is 2. The highest BCUT2D eigenvalue weighted by Gasteiger charge is 2.34. The van der Waals surface area contributed by atoms with E-state index in [1.165, 1.54) is 0 Å². The van der Waals surface area contributed by atoms with E-state index < -0.39 is 0 Å². The first-order valence-electron chi connectivity index (χ1n) is 8.36. The summed E-state index contributed by atoms with van der Waals surface area (Å²) in [5.74, 6) is 0.0616. The van der Waals surface area contributed by atoms with Crippen molar-refractivity contribution in [2.45, 2.75) is 44.1 Å². The smallest absolute Gasteiger partial charge is 0.240 e. The highest BCUT2D eigenvalue weighted by atomic mass is 16.6. The second-order valence-corrected chi connectivity index (χ2v) is 6.40. The Morgan fingerprint density at radius 2 is 1.96 bits per heavy atom. The molecule has 2 aliphatic rings. The average molecular weight is 314 g/mol. The van der Waals surface area contributed by atoms with Crippen LogP contribution in [0.15, 0.2) is 36.5 Å². The molecule has 122 valence electrons. The molecule has 2 aromatic rings. The first-order chi connectivity index (χ1) is 11.3. The molecule has 5 nitrogen and oxygen atoms in total. The number of nitrogens with one attached hydrogen (secondary N) is 1. The Morgan fingerprint density at radius 3 is 2.87 bits per heavy atom. The fraction of sp³-hybridized carbons (Fsp3) is 0.500. The Kier molecular flexibility index (Phi) is 4.06. The van der Waals surface area contributed by atoms with Gasteiger partial charge in [0.1, 0.15) is 6.54 Å². The van der Waals surface area contributed by atoms with Crippen LogP contribution in [-0.4, -0.2) is 41.9 Å². The second-order valence-electron chi connectivity index (χ2n) is 6.40. The minimum Gasteiger partial charge on any atom is -0.373 e. The summed E-state index contributed by atoms with van der Waals surface area (Å²) in [7, 11) is 0. The average Bonchev–Trinajstić information content (AvgIpc) is 2.98. The van der Waals surface area contributed by atoms with Crippen molar-refractivity contribution in [3.05, 3.63) is 36.5 Å². The zero-order chi connectivity index (χ0) is 15.6. The van der Waals surface area contributed by atoms with Crippen LogP contribution in [0.2, 0.25) is 0 Å². The quantitative estimate of drug-likeness (QED) is 0.944. The number of benzene rings is 1. The maximum atomic E-state index is 12.4. The van der Waals surface area contributed by atoms with Gasteiger partial charge in [0.15, 0.2) is 0 Å². The Labute approximate surface area is 135 Å². The summed E-state index contributed by atoms with van der Waals surface area (Å²) in [6.45, 7) is 1.71. The molecule has 1 saturated heterocycles. The number of aromatic nitrogens is 1. The molecule has 3 unspecified atom stereocenters. The predicted molar refractivity (Wildman–Crippen MR) is 87.2 cm³/mol. The Hall–Kier alpha value is -1.85. The van der Waals surface area contributed by atoms with Gasteiger partial charge in [0.05, 0.1) is 25.4 Å². The number of hydrogen-bond donors (Lipinski definition) is 1. The maximum Gasteiger partial charge on any atom is 0.240 e. The van der Waals surface area contributed by atoms with Crippen molar-refractivity contribution >= 4 is 16.8 Å².